The normalized spacial score (nSPS) is 29.2. The first-order valence-corrected chi connectivity index (χ1v) is 29.5. The fourth-order valence-corrected chi connectivity index (χ4v) is 10.5. The minimum absolute atomic E-state index is 0.128. The maximum absolute atomic E-state index is 13.2. The summed E-state index contributed by atoms with van der Waals surface area (Å²) in [6.45, 7) is 4.03. The largest absolute Gasteiger partial charge is 0.394 e. The van der Waals surface area contributed by atoms with Gasteiger partial charge in [0.1, 0.15) is 73.1 Å². The SMILES string of the molecule is CC(=O)NC1C(OCCCCCCNC(=O)CCC(CCC(=O)NCCCCCCOC2OC(CO)C(O)C(O)C2NC(C)=O)(CCC(=O)NCCCCCCOC2OC(CO)C(O)C(O)C2NC(C)=O)NI)OC(CO)C(O)C1O. The van der Waals surface area contributed by atoms with E-state index in [4.69, 9.17) is 28.4 Å². The molecule has 0 spiro atoms. The number of nitrogens with one attached hydrogen (secondary N) is 7. The van der Waals surface area contributed by atoms with Gasteiger partial charge in [0, 0.05) is 108 Å². The van der Waals surface area contributed by atoms with E-state index in [2.05, 4.69) is 35.4 Å². The molecule has 0 aliphatic carbocycles. The second-order valence-electron chi connectivity index (χ2n) is 21.1. The molecule has 15 unspecified atom stereocenters. The summed E-state index contributed by atoms with van der Waals surface area (Å²) < 4.78 is 37.4. The zero-order chi connectivity index (χ0) is 59.9. The van der Waals surface area contributed by atoms with Crippen molar-refractivity contribution in [2.75, 3.05) is 59.3 Å². The standard InChI is InChI=1S/C52H94IN7O21/c1-31(64)57-40-46(73)43(70)34(28-61)79-49(40)76-25-13-7-4-10-22-54-37(67)16-19-52(60-53,20-17-38(68)55-23-11-5-8-14-26-77-50-41(58-32(2)65)47(74)44(71)35(29-62)80-50)21-18-39(69)56-24-12-6-9-15-27-78-51-42(59-33(3)66)48(75)45(72)36(30-63)81-51/h34-36,40-51,60-63,70-75H,4-30H2,1-3H3,(H,54,67)(H,55,68)(H,56,69)(H,57,64)(H,58,65)(H,59,66). The molecule has 0 bridgehead atoms. The van der Waals surface area contributed by atoms with Crippen LogP contribution in [0.4, 0.5) is 0 Å². The average Bonchev–Trinajstić information content (AvgIpc) is 3.46. The molecule has 470 valence electrons. The quantitative estimate of drug-likeness (QED) is 0.0164. The highest BCUT2D eigenvalue weighted by Crippen LogP contribution is 2.29. The maximum Gasteiger partial charge on any atom is 0.220 e. The van der Waals surface area contributed by atoms with Gasteiger partial charge < -0.3 is 106 Å². The van der Waals surface area contributed by atoms with Crippen LogP contribution in [0, 0.1) is 0 Å². The van der Waals surface area contributed by atoms with Crippen LogP contribution in [0.1, 0.15) is 136 Å². The van der Waals surface area contributed by atoms with E-state index < -0.39 is 135 Å². The third-order valence-corrected chi connectivity index (χ3v) is 15.6. The van der Waals surface area contributed by atoms with Crippen molar-refractivity contribution in [3.63, 3.8) is 0 Å². The Morgan fingerprint density at radius 2 is 0.679 bits per heavy atom. The van der Waals surface area contributed by atoms with Crippen LogP contribution < -0.4 is 35.4 Å². The number of aliphatic hydroxyl groups excluding tert-OH is 9. The molecule has 0 saturated carbocycles. The summed E-state index contributed by atoms with van der Waals surface area (Å²) >= 11 is 2.01. The van der Waals surface area contributed by atoms with Gasteiger partial charge in [-0.1, -0.05) is 38.5 Å². The Morgan fingerprint density at radius 3 is 0.914 bits per heavy atom. The number of ether oxygens (including phenoxy) is 6. The molecule has 0 radical (unpaired) electrons. The van der Waals surface area contributed by atoms with Gasteiger partial charge in [0.05, 0.1) is 19.8 Å². The van der Waals surface area contributed by atoms with Gasteiger partial charge in [0.25, 0.3) is 0 Å². The summed E-state index contributed by atoms with van der Waals surface area (Å²) in [6, 6.07) is -3.08. The highest BCUT2D eigenvalue weighted by atomic mass is 127. The molecule has 81 heavy (non-hydrogen) atoms. The zero-order valence-corrected chi connectivity index (χ0v) is 49.2. The Morgan fingerprint density at radius 1 is 0.420 bits per heavy atom. The summed E-state index contributed by atoms with van der Waals surface area (Å²) in [5.41, 5.74) is -0.752. The van der Waals surface area contributed by atoms with Gasteiger partial charge in [0.2, 0.25) is 35.4 Å². The van der Waals surface area contributed by atoms with Crippen molar-refractivity contribution in [2.45, 2.75) is 234 Å². The summed E-state index contributed by atoms with van der Waals surface area (Å²) in [4.78, 5) is 74.6. The van der Waals surface area contributed by atoms with Gasteiger partial charge in [-0.3, -0.25) is 32.3 Å². The number of rotatable bonds is 40. The molecule has 3 heterocycles. The highest BCUT2D eigenvalue weighted by Gasteiger charge is 2.48. The molecular formula is C52H94IN7O21. The van der Waals surface area contributed by atoms with Crippen molar-refractivity contribution < 1.29 is 103 Å². The minimum Gasteiger partial charge on any atom is -0.394 e. The lowest BCUT2D eigenvalue weighted by Crippen LogP contribution is -2.64. The van der Waals surface area contributed by atoms with Crippen LogP contribution in [0.3, 0.4) is 0 Å². The molecule has 0 aromatic carbocycles. The fourth-order valence-electron chi connectivity index (χ4n) is 9.70. The maximum atomic E-state index is 13.2. The second kappa shape index (κ2) is 39.5. The van der Waals surface area contributed by atoms with Crippen LogP contribution in [0.5, 0.6) is 0 Å². The molecule has 16 N–H and O–H groups in total. The van der Waals surface area contributed by atoms with Crippen molar-refractivity contribution in [1.82, 2.24) is 35.4 Å². The van der Waals surface area contributed by atoms with E-state index in [9.17, 15) is 74.7 Å². The van der Waals surface area contributed by atoms with E-state index in [1.165, 1.54) is 20.8 Å². The Balaban J connectivity index is 1.43. The van der Waals surface area contributed by atoms with Gasteiger partial charge in [-0.15, -0.1) is 0 Å². The van der Waals surface area contributed by atoms with Crippen molar-refractivity contribution in [3.8, 4) is 0 Å². The van der Waals surface area contributed by atoms with Gasteiger partial charge in [0.15, 0.2) is 18.9 Å². The van der Waals surface area contributed by atoms with Crippen LogP contribution in [0.25, 0.3) is 0 Å². The molecule has 6 amide bonds. The smallest absolute Gasteiger partial charge is 0.220 e. The molecule has 28 nitrogen and oxygen atoms in total. The number of hydrogen-bond acceptors (Lipinski definition) is 22. The van der Waals surface area contributed by atoms with Crippen LogP contribution >= 0.6 is 22.9 Å². The lowest BCUT2D eigenvalue weighted by Gasteiger charge is -2.42. The lowest BCUT2D eigenvalue weighted by molar-refractivity contribution is -0.270. The predicted octanol–water partition coefficient (Wildman–Crippen LogP) is -3.08. The third kappa shape index (κ3) is 26.0. The molecule has 3 aliphatic heterocycles. The minimum atomic E-state index is -1.41. The second-order valence-corrected chi connectivity index (χ2v) is 21.6. The molecular weight excluding hydrogens is 1190 g/mol. The molecule has 3 fully saturated rings. The van der Waals surface area contributed by atoms with Crippen molar-refractivity contribution in [1.29, 1.82) is 0 Å². The molecule has 15 atom stereocenters. The number of halogens is 1. The van der Waals surface area contributed by atoms with Gasteiger partial charge in [-0.2, -0.15) is 0 Å². The monoisotopic (exact) mass is 1280 g/mol. The number of aliphatic hydroxyl groups is 9. The van der Waals surface area contributed by atoms with E-state index in [-0.39, 0.29) is 56.8 Å². The summed E-state index contributed by atoms with van der Waals surface area (Å²) in [5.74, 6) is -1.91. The summed E-state index contributed by atoms with van der Waals surface area (Å²) in [7, 11) is 0. The first kappa shape index (κ1) is 72.2. The first-order chi connectivity index (χ1) is 38.7. The number of carbonyl (C=O) groups excluding carboxylic acids is 6. The van der Waals surface area contributed by atoms with Gasteiger partial charge >= 0.3 is 0 Å². The summed E-state index contributed by atoms with van der Waals surface area (Å²) in [5, 5.41) is 107. The van der Waals surface area contributed by atoms with Gasteiger partial charge in [-0.05, 0) is 57.8 Å². The number of carbonyl (C=O) groups is 6. The number of unbranched alkanes of at least 4 members (excludes halogenated alkanes) is 9. The van der Waals surface area contributed by atoms with E-state index in [0.29, 0.717) is 77.4 Å². The van der Waals surface area contributed by atoms with Gasteiger partial charge in [-0.25, -0.2) is 0 Å². The molecule has 29 heteroatoms. The lowest BCUT2D eigenvalue weighted by atomic mass is 9.84. The van der Waals surface area contributed by atoms with E-state index in [1.54, 1.807) is 0 Å². The molecule has 3 aliphatic rings. The van der Waals surface area contributed by atoms with Crippen LogP contribution in [-0.2, 0) is 57.2 Å². The van der Waals surface area contributed by atoms with Crippen LogP contribution in [-0.4, -0.2) is 238 Å². The highest BCUT2D eigenvalue weighted by molar-refractivity contribution is 14.1. The summed E-state index contributed by atoms with van der Waals surface area (Å²) in [6.07, 6.45) is -5.26. The molecule has 3 saturated heterocycles. The Hall–Kier alpha value is -3.09. The fraction of sp³-hybridized carbons (Fsp3) is 0.885. The van der Waals surface area contributed by atoms with E-state index >= 15 is 0 Å². The zero-order valence-electron chi connectivity index (χ0n) is 47.1. The number of hydrogen-bond donors (Lipinski definition) is 16. The van der Waals surface area contributed by atoms with Crippen molar-refractivity contribution >= 4 is 58.3 Å². The Bertz CT molecular complexity index is 1660. The van der Waals surface area contributed by atoms with Crippen molar-refractivity contribution in [2.24, 2.45) is 0 Å². The molecule has 0 aromatic heterocycles. The average molecular weight is 1280 g/mol. The van der Waals surface area contributed by atoms with E-state index in [1.807, 2.05) is 22.9 Å². The topological polar surface area (TPSA) is 424 Å². The molecule has 3 rings (SSSR count). The van der Waals surface area contributed by atoms with Crippen LogP contribution in [0.15, 0.2) is 0 Å². The predicted molar refractivity (Wildman–Crippen MR) is 296 cm³/mol. The van der Waals surface area contributed by atoms with Crippen molar-refractivity contribution in [3.05, 3.63) is 0 Å². The molecule has 0 aromatic rings. The third-order valence-electron chi connectivity index (χ3n) is 14.5. The number of amides is 6. The Kier molecular flexibility index (Phi) is 35.2. The van der Waals surface area contributed by atoms with Crippen LogP contribution in [0.2, 0.25) is 0 Å². The Labute approximate surface area is 488 Å². The first-order valence-electron chi connectivity index (χ1n) is 28.4. The van der Waals surface area contributed by atoms with E-state index in [0.717, 1.165) is 38.5 Å².